The number of hydrogen-bond acceptors (Lipinski definition) is 3. The molecule has 94 valence electrons. The molecule has 18 heavy (non-hydrogen) atoms. The summed E-state index contributed by atoms with van der Waals surface area (Å²) in [7, 11) is 1.32. The summed E-state index contributed by atoms with van der Waals surface area (Å²) in [5.41, 5.74) is 8.48. The molecule has 0 aliphatic carbocycles. The minimum absolute atomic E-state index is 0.287. The second-order valence-electron chi connectivity index (χ2n) is 3.90. The van der Waals surface area contributed by atoms with Crippen molar-refractivity contribution in [3.05, 3.63) is 52.3 Å². The molecule has 0 fully saturated rings. The average Bonchev–Trinajstić information content (AvgIpc) is 2.70. The molecule has 5 heteroatoms. The van der Waals surface area contributed by atoms with Crippen molar-refractivity contribution >= 4 is 23.3 Å². The van der Waals surface area contributed by atoms with E-state index in [2.05, 4.69) is 9.72 Å². The van der Waals surface area contributed by atoms with Gasteiger partial charge in [-0.05, 0) is 23.3 Å². The molecule has 0 amide bonds. The molecule has 0 aliphatic rings. The second-order valence-corrected chi connectivity index (χ2v) is 4.34. The summed E-state index contributed by atoms with van der Waals surface area (Å²) in [6.07, 6.45) is 2.32. The third-order valence-corrected chi connectivity index (χ3v) is 2.91. The van der Waals surface area contributed by atoms with Crippen molar-refractivity contribution in [2.75, 3.05) is 12.8 Å². The lowest BCUT2D eigenvalue weighted by Crippen LogP contribution is -2.05. The Labute approximate surface area is 110 Å². The molecule has 1 heterocycles. The number of methoxy groups -OCH3 is 1. The molecular weight excluding hydrogens is 252 g/mol. The lowest BCUT2D eigenvalue weighted by atomic mass is 10.1. The van der Waals surface area contributed by atoms with Gasteiger partial charge in [0.05, 0.1) is 12.8 Å². The van der Waals surface area contributed by atoms with Gasteiger partial charge in [-0.3, -0.25) is 0 Å². The molecule has 0 unspecified atom stereocenters. The van der Waals surface area contributed by atoms with E-state index in [4.69, 9.17) is 17.3 Å². The van der Waals surface area contributed by atoms with Gasteiger partial charge in [-0.25, -0.2) is 4.79 Å². The van der Waals surface area contributed by atoms with Crippen LogP contribution < -0.4 is 5.73 Å². The predicted molar refractivity (Wildman–Crippen MR) is 70.8 cm³/mol. The Hall–Kier alpha value is -1.94. The quantitative estimate of drug-likeness (QED) is 0.838. The van der Waals surface area contributed by atoms with Crippen LogP contribution in [0.1, 0.15) is 21.6 Å². The molecule has 4 nitrogen and oxygen atoms in total. The Bertz CT molecular complexity index is 578. The maximum Gasteiger partial charge on any atom is 0.356 e. The number of nitrogens with two attached hydrogens (primary N) is 1. The Morgan fingerprint density at radius 3 is 2.94 bits per heavy atom. The Balaban J connectivity index is 2.25. The van der Waals surface area contributed by atoms with E-state index in [0.717, 1.165) is 11.1 Å². The van der Waals surface area contributed by atoms with Crippen molar-refractivity contribution in [3.63, 3.8) is 0 Å². The van der Waals surface area contributed by atoms with Gasteiger partial charge < -0.3 is 15.5 Å². The molecule has 0 atom stereocenters. The molecule has 1 aromatic carbocycles. The van der Waals surface area contributed by atoms with E-state index in [1.165, 1.54) is 7.11 Å². The van der Waals surface area contributed by atoms with Crippen molar-refractivity contribution < 1.29 is 9.53 Å². The van der Waals surface area contributed by atoms with Crippen LogP contribution in [0.4, 0.5) is 5.69 Å². The number of H-pyrrole nitrogens is 1. The first kappa shape index (κ1) is 12.5. The van der Waals surface area contributed by atoms with Gasteiger partial charge in [0.25, 0.3) is 0 Å². The average molecular weight is 265 g/mol. The molecule has 2 rings (SSSR count). The van der Waals surface area contributed by atoms with Crippen LogP contribution in [0.15, 0.2) is 30.5 Å². The molecule has 3 N–H and O–H groups in total. The van der Waals surface area contributed by atoms with Crippen LogP contribution >= 0.6 is 11.6 Å². The van der Waals surface area contributed by atoms with Crippen LogP contribution in [0.25, 0.3) is 0 Å². The molecule has 0 bridgehead atoms. The minimum atomic E-state index is -0.468. The summed E-state index contributed by atoms with van der Waals surface area (Å²) in [6, 6.07) is 7.51. The highest BCUT2D eigenvalue weighted by Crippen LogP contribution is 2.22. The lowest BCUT2D eigenvalue weighted by Gasteiger charge is -2.02. The fraction of sp³-hybridized carbons (Fsp3) is 0.154. The summed E-state index contributed by atoms with van der Waals surface area (Å²) < 4.78 is 4.63. The summed E-state index contributed by atoms with van der Waals surface area (Å²) in [5.74, 6) is -0.468. The summed E-state index contributed by atoms with van der Waals surface area (Å²) >= 11 is 5.92. The van der Waals surface area contributed by atoms with E-state index in [1.54, 1.807) is 6.20 Å². The number of aromatic nitrogens is 1. The molecule has 1 aromatic heterocycles. The van der Waals surface area contributed by atoms with Gasteiger partial charge in [0.15, 0.2) is 0 Å². The van der Waals surface area contributed by atoms with E-state index in [1.807, 2.05) is 24.3 Å². The molecule has 0 radical (unpaired) electrons. The topological polar surface area (TPSA) is 68.1 Å². The van der Waals surface area contributed by atoms with E-state index in [0.29, 0.717) is 17.1 Å². The zero-order valence-electron chi connectivity index (χ0n) is 9.87. The molecule has 0 saturated heterocycles. The number of benzene rings is 1. The highest BCUT2D eigenvalue weighted by Gasteiger charge is 2.15. The first-order valence-electron chi connectivity index (χ1n) is 5.40. The number of carbonyl (C=O) groups is 1. The highest BCUT2D eigenvalue weighted by atomic mass is 35.5. The predicted octanol–water partition coefficient (Wildman–Crippen LogP) is 2.63. The zero-order valence-corrected chi connectivity index (χ0v) is 10.6. The number of hydrogen-bond donors (Lipinski definition) is 2. The number of anilines is 1. The van der Waals surface area contributed by atoms with Crippen molar-refractivity contribution in [3.8, 4) is 0 Å². The number of halogens is 1. The van der Waals surface area contributed by atoms with Crippen molar-refractivity contribution in [1.82, 2.24) is 4.98 Å². The molecule has 0 spiro atoms. The summed E-state index contributed by atoms with van der Waals surface area (Å²) in [5, 5.41) is 0.676. The summed E-state index contributed by atoms with van der Waals surface area (Å²) in [4.78, 5) is 14.2. The first-order valence-corrected chi connectivity index (χ1v) is 5.78. The summed E-state index contributed by atoms with van der Waals surface area (Å²) in [6.45, 7) is 0. The Morgan fingerprint density at radius 2 is 2.28 bits per heavy atom. The molecular formula is C13H13ClN2O2. The van der Waals surface area contributed by atoms with Gasteiger partial charge in [0, 0.05) is 17.6 Å². The van der Waals surface area contributed by atoms with E-state index in [-0.39, 0.29) is 5.69 Å². The van der Waals surface area contributed by atoms with Crippen LogP contribution in [0, 0.1) is 0 Å². The standard InChI is InChI=1S/C13H13ClN2O2/c1-18-13(17)12-11(15)9(7-16-12)5-8-3-2-4-10(14)6-8/h2-4,6-7,16H,5,15H2,1H3. The third-order valence-electron chi connectivity index (χ3n) is 2.68. The van der Waals surface area contributed by atoms with E-state index >= 15 is 0 Å². The number of aromatic amines is 1. The number of nitrogens with one attached hydrogen (secondary N) is 1. The number of ether oxygens (including phenoxy) is 1. The van der Waals surface area contributed by atoms with Gasteiger partial charge in [-0.2, -0.15) is 0 Å². The van der Waals surface area contributed by atoms with E-state index < -0.39 is 5.97 Å². The zero-order chi connectivity index (χ0) is 13.1. The number of esters is 1. The highest BCUT2D eigenvalue weighted by molar-refractivity contribution is 6.30. The van der Waals surface area contributed by atoms with Gasteiger partial charge in [0.1, 0.15) is 5.69 Å². The Morgan fingerprint density at radius 1 is 1.50 bits per heavy atom. The van der Waals surface area contributed by atoms with E-state index in [9.17, 15) is 4.79 Å². The minimum Gasteiger partial charge on any atom is -0.464 e. The van der Waals surface area contributed by atoms with Crippen molar-refractivity contribution in [2.45, 2.75) is 6.42 Å². The van der Waals surface area contributed by atoms with Gasteiger partial charge >= 0.3 is 5.97 Å². The monoisotopic (exact) mass is 264 g/mol. The maximum absolute atomic E-state index is 11.4. The van der Waals surface area contributed by atoms with Crippen LogP contribution in [0.3, 0.4) is 0 Å². The van der Waals surface area contributed by atoms with Crippen LogP contribution in [-0.4, -0.2) is 18.1 Å². The first-order chi connectivity index (χ1) is 8.61. The maximum atomic E-state index is 11.4. The second kappa shape index (κ2) is 5.14. The number of carbonyl (C=O) groups excluding carboxylic acids is 1. The number of rotatable bonds is 3. The fourth-order valence-electron chi connectivity index (χ4n) is 1.76. The largest absolute Gasteiger partial charge is 0.464 e. The Kier molecular flexibility index (Phi) is 3.58. The molecule has 0 aliphatic heterocycles. The van der Waals surface area contributed by atoms with Gasteiger partial charge in [0.2, 0.25) is 0 Å². The lowest BCUT2D eigenvalue weighted by molar-refractivity contribution is 0.0596. The van der Waals surface area contributed by atoms with Crippen LogP contribution in [0.2, 0.25) is 5.02 Å². The smallest absolute Gasteiger partial charge is 0.356 e. The van der Waals surface area contributed by atoms with Crippen LogP contribution in [-0.2, 0) is 11.2 Å². The SMILES string of the molecule is COC(=O)c1[nH]cc(Cc2cccc(Cl)c2)c1N. The number of nitrogen functional groups attached to an aromatic ring is 1. The van der Waals surface area contributed by atoms with Crippen molar-refractivity contribution in [1.29, 1.82) is 0 Å². The van der Waals surface area contributed by atoms with Gasteiger partial charge in [-0.15, -0.1) is 0 Å². The third kappa shape index (κ3) is 2.49. The normalized spacial score (nSPS) is 10.3. The fourth-order valence-corrected chi connectivity index (χ4v) is 1.97. The van der Waals surface area contributed by atoms with Crippen LogP contribution in [0.5, 0.6) is 0 Å². The molecule has 0 saturated carbocycles. The van der Waals surface area contributed by atoms with Gasteiger partial charge in [-0.1, -0.05) is 23.7 Å². The van der Waals surface area contributed by atoms with Crippen molar-refractivity contribution in [2.24, 2.45) is 0 Å². The molecule has 2 aromatic rings.